The van der Waals surface area contributed by atoms with E-state index < -0.39 is 24.0 Å². The maximum Gasteiger partial charge on any atom is 0.327 e. The fourth-order valence-electron chi connectivity index (χ4n) is 4.55. The molecule has 4 heterocycles. The van der Waals surface area contributed by atoms with Gasteiger partial charge in [-0.2, -0.15) is 0 Å². The number of aryl methyl sites for hydroxylation is 1. The van der Waals surface area contributed by atoms with E-state index in [1.54, 1.807) is 30.4 Å². The third-order valence-electron chi connectivity index (χ3n) is 5.82. The number of carboxylic acid groups (broad SMARTS) is 1. The molecule has 4 rings (SSSR count). The Morgan fingerprint density at radius 1 is 1.50 bits per heavy atom. The number of fused-ring (bicyclic) bond motifs is 2. The fraction of sp³-hybridized carbons (Fsp3) is 0.706. The predicted octanol–water partition coefficient (Wildman–Crippen LogP) is 1.08. The molecule has 142 valence electrons. The number of carboxylic acids is 1. The van der Waals surface area contributed by atoms with Crippen molar-refractivity contribution in [2.24, 2.45) is 11.8 Å². The fourth-order valence-corrected chi connectivity index (χ4v) is 7.50. The van der Waals surface area contributed by atoms with E-state index in [0.717, 1.165) is 23.1 Å². The molecule has 0 aliphatic carbocycles. The van der Waals surface area contributed by atoms with Gasteiger partial charge in [0.1, 0.15) is 6.04 Å². The van der Waals surface area contributed by atoms with Crippen molar-refractivity contribution in [3.8, 4) is 0 Å². The van der Waals surface area contributed by atoms with Crippen LogP contribution in [0.5, 0.6) is 0 Å². The summed E-state index contributed by atoms with van der Waals surface area (Å²) in [6.07, 6.45) is 1.12. The first kappa shape index (κ1) is 18.2. The highest BCUT2D eigenvalue weighted by Gasteiger charge is 2.64. The second-order valence-corrected chi connectivity index (χ2v) is 9.94. The van der Waals surface area contributed by atoms with Gasteiger partial charge >= 0.3 is 5.97 Å². The quantitative estimate of drug-likeness (QED) is 0.734. The zero-order chi connectivity index (χ0) is 18.7. The van der Waals surface area contributed by atoms with Gasteiger partial charge in [0.05, 0.1) is 18.1 Å². The summed E-state index contributed by atoms with van der Waals surface area (Å²) >= 11 is 3.38. The molecule has 1 aromatic heterocycles. The zero-order valence-corrected chi connectivity index (χ0v) is 16.5. The molecule has 7 unspecified atom stereocenters. The molecular formula is C17H23N3O4S2. The van der Waals surface area contributed by atoms with Crippen LogP contribution >= 0.6 is 23.5 Å². The number of amides is 1. The average Bonchev–Trinajstić information content (AvgIpc) is 3.05. The first-order valence-electron chi connectivity index (χ1n) is 8.84. The standard InChI is InChI=1S/C17H23N3O4S2/c1-7-4-18-17-19(7)5-10(6-25-17)26-14-8(2)12-11(9(3)21)15(22)20(12)13(14)16(23)24/h4,8-14,21H,5-6H2,1-3H3,(H,23,24). The van der Waals surface area contributed by atoms with Gasteiger partial charge in [0.2, 0.25) is 5.91 Å². The largest absolute Gasteiger partial charge is 0.480 e. The van der Waals surface area contributed by atoms with E-state index in [9.17, 15) is 19.8 Å². The van der Waals surface area contributed by atoms with E-state index in [4.69, 9.17) is 0 Å². The summed E-state index contributed by atoms with van der Waals surface area (Å²) in [5.74, 6) is -0.723. The predicted molar refractivity (Wildman–Crippen MR) is 99.2 cm³/mol. The Balaban J connectivity index is 1.55. The number of aliphatic carboxylic acids is 1. The Kier molecular flexibility index (Phi) is 4.51. The van der Waals surface area contributed by atoms with Crippen molar-refractivity contribution in [1.82, 2.24) is 14.5 Å². The molecule has 0 saturated carbocycles. The summed E-state index contributed by atoms with van der Waals surface area (Å²) < 4.78 is 2.18. The lowest BCUT2D eigenvalue weighted by Gasteiger charge is -2.47. The highest BCUT2D eigenvalue weighted by Crippen LogP contribution is 2.50. The number of rotatable bonds is 4. The summed E-state index contributed by atoms with van der Waals surface area (Å²) in [6, 6.07) is -0.985. The van der Waals surface area contributed by atoms with Crippen LogP contribution in [0.2, 0.25) is 0 Å². The van der Waals surface area contributed by atoms with Crippen LogP contribution in [0, 0.1) is 18.8 Å². The molecule has 3 aliphatic rings. The summed E-state index contributed by atoms with van der Waals surface area (Å²) in [5, 5.41) is 20.8. The van der Waals surface area contributed by atoms with Crippen LogP contribution in [0.15, 0.2) is 11.4 Å². The van der Waals surface area contributed by atoms with Gasteiger partial charge in [-0.1, -0.05) is 18.7 Å². The number of aliphatic hydroxyl groups excluding tert-OH is 1. The molecule has 0 spiro atoms. The third-order valence-corrected chi connectivity index (χ3v) is 8.89. The summed E-state index contributed by atoms with van der Waals surface area (Å²) in [4.78, 5) is 30.3. The number of aromatic nitrogens is 2. The van der Waals surface area contributed by atoms with Crippen molar-refractivity contribution < 1.29 is 19.8 Å². The second kappa shape index (κ2) is 6.45. The lowest BCUT2D eigenvalue weighted by Crippen LogP contribution is -2.65. The van der Waals surface area contributed by atoms with E-state index >= 15 is 0 Å². The lowest BCUT2D eigenvalue weighted by molar-refractivity contribution is -0.170. The number of hydrogen-bond donors (Lipinski definition) is 2. The molecule has 0 bridgehead atoms. The smallest absolute Gasteiger partial charge is 0.327 e. The minimum absolute atomic E-state index is 0.0358. The first-order chi connectivity index (χ1) is 12.3. The maximum atomic E-state index is 12.4. The molecule has 1 aromatic rings. The lowest BCUT2D eigenvalue weighted by atomic mass is 9.79. The molecule has 9 heteroatoms. The summed E-state index contributed by atoms with van der Waals surface area (Å²) in [6.45, 7) is 6.47. The Morgan fingerprint density at radius 2 is 2.23 bits per heavy atom. The van der Waals surface area contributed by atoms with Crippen molar-refractivity contribution >= 4 is 35.4 Å². The molecule has 1 amide bonds. The average molecular weight is 398 g/mol. The molecule has 0 radical (unpaired) electrons. The highest BCUT2D eigenvalue weighted by molar-refractivity contribution is 8.03. The van der Waals surface area contributed by atoms with Gasteiger partial charge in [-0.3, -0.25) is 4.79 Å². The Morgan fingerprint density at radius 3 is 2.88 bits per heavy atom. The van der Waals surface area contributed by atoms with Gasteiger partial charge in [-0.05, 0) is 19.8 Å². The van der Waals surface area contributed by atoms with Crippen molar-refractivity contribution in [2.75, 3.05) is 5.75 Å². The SMILES string of the molecule is Cc1cnc2n1CC(SC1C(C)C3C(C(C)O)C(=O)N3C1C(=O)O)CS2. The molecule has 26 heavy (non-hydrogen) atoms. The summed E-state index contributed by atoms with van der Waals surface area (Å²) in [5.41, 5.74) is 1.11. The van der Waals surface area contributed by atoms with Crippen LogP contribution in [0.25, 0.3) is 0 Å². The number of β-lactam (4-membered cyclic amide) rings is 1. The molecule has 7 atom stereocenters. The van der Waals surface area contributed by atoms with Gasteiger partial charge in [0.25, 0.3) is 0 Å². The first-order valence-corrected chi connectivity index (χ1v) is 10.8. The normalized spacial score (nSPS) is 37.1. The molecule has 7 nitrogen and oxygen atoms in total. The molecule has 0 aromatic carbocycles. The Labute approximate surface area is 160 Å². The zero-order valence-electron chi connectivity index (χ0n) is 14.9. The number of thioether (sulfide) groups is 2. The third kappa shape index (κ3) is 2.58. The van der Waals surface area contributed by atoms with Crippen LogP contribution in [0.4, 0.5) is 0 Å². The van der Waals surface area contributed by atoms with Crippen LogP contribution in [-0.4, -0.2) is 71.0 Å². The van der Waals surface area contributed by atoms with Crippen LogP contribution in [-0.2, 0) is 16.1 Å². The number of nitrogens with zero attached hydrogens (tertiary/aromatic N) is 3. The highest BCUT2D eigenvalue weighted by atomic mass is 32.2. The molecular weight excluding hydrogens is 374 g/mol. The van der Waals surface area contributed by atoms with E-state index in [1.807, 2.05) is 20.0 Å². The van der Waals surface area contributed by atoms with Crippen LogP contribution in [0.3, 0.4) is 0 Å². The van der Waals surface area contributed by atoms with Crippen LogP contribution in [0.1, 0.15) is 19.5 Å². The minimum atomic E-state index is -0.947. The van der Waals surface area contributed by atoms with Crippen molar-refractivity contribution in [1.29, 1.82) is 0 Å². The monoisotopic (exact) mass is 397 g/mol. The van der Waals surface area contributed by atoms with E-state index in [-0.39, 0.29) is 28.4 Å². The number of carbonyl (C=O) groups excluding carboxylic acids is 1. The van der Waals surface area contributed by atoms with Crippen molar-refractivity contribution in [2.45, 2.75) is 61.2 Å². The number of hydrogen-bond acceptors (Lipinski definition) is 6. The summed E-state index contributed by atoms with van der Waals surface area (Å²) in [7, 11) is 0. The van der Waals surface area contributed by atoms with Gasteiger partial charge < -0.3 is 19.7 Å². The number of aliphatic hydroxyl groups is 1. The maximum absolute atomic E-state index is 12.4. The minimum Gasteiger partial charge on any atom is -0.480 e. The topological polar surface area (TPSA) is 95.7 Å². The molecule has 2 fully saturated rings. The number of carbonyl (C=O) groups is 2. The van der Waals surface area contributed by atoms with E-state index in [0.29, 0.717) is 0 Å². The molecule has 2 saturated heterocycles. The van der Waals surface area contributed by atoms with Crippen LogP contribution < -0.4 is 0 Å². The molecule has 3 aliphatic heterocycles. The van der Waals surface area contributed by atoms with Gasteiger partial charge in [0.15, 0.2) is 5.16 Å². The van der Waals surface area contributed by atoms with Gasteiger partial charge in [-0.25, -0.2) is 9.78 Å². The van der Waals surface area contributed by atoms with Gasteiger partial charge in [0, 0.05) is 34.7 Å². The molecule has 2 N–H and O–H groups in total. The second-order valence-electron chi connectivity index (χ2n) is 7.47. The number of imidazole rings is 1. The Bertz CT molecular complexity index is 752. The van der Waals surface area contributed by atoms with E-state index in [2.05, 4.69) is 9.55 Å². The van der Waals surface area contributed by atoms with Crippen molar-refractivity contribution in [3.63, 3.8) is 0 Å². The van der Waals surface area contributed by atoms with Gasteiger partial charge in [-0.15, -0.1) is 11.8 Å². The van der Waals surface area contributed by atoms with Crippen molar-refractivity contribution in [3.05, 3.63) is 11.9 Å². The Hall–Kier alpha value is -1.19. The van der Waals surface area contributed by atoms with E-state index in [1.165, 1.54) is 4.90 Å².